The van der Waals surface area contributed by atoms with Crippen LogP contribution < -0.4 is 0 Å². The van der Waals surface area contributed by atoms with Gasteiger partial charge in [0.05, 0.1) is 12.7 Å². The van der Waals surface area contributed by atoms with Gasteiger partial charge in [0.25, 0.3) is 0 Å². The van der Waals surface area contributed by atoms with Gasteiger partial charge in [-0.1, -0.05) is 13.8 Å². The largest absolute Gasteiger partial charge is 0.457 e. The third-order valence-electron chi connectivity index (χ3n) is 3.86. The molecule has 0 bridgehead atoms. The van der Waals surface area contributed by atoms with Crippen LogP contribution in [0.1, 0.15) is 13.8 Å². The van der Waals surface area contributed by atoms with Crippen LogP contribution in [0.3, 0.4) is 0 Å². The molecule has 0 aromatic carbocycles. The first-order valence-electron chi connectivity index (χ1n) is 7.03. The average molecular weight is 270 g/mol. The molecule has 0 N–H and O–H groups in total. The van der Waals surface area contributed by atoms with Gasteiger partial charge in [-0.25, -0.2) is 0 Å². The van der Waals surface area contributed by atoms with Crippen molar-refractivity contribution in [2.24, 2.45) is 0 Å². The number of rotatable bonds is 4. The Morgan fingerprint density at radius 3 is 2.37 bits per heavy atom. The van der Waals surface area contributed by atoms with E-state index >= 15 is 0 Å². The predicted octanol–water partition coefficient (Wildman–Crippen LogP) is 0.573. The fourth-order valence-corrected chi connectivity index (χ4v) is 2.87. The minimum atomic E-state index is -0.393. The highest BCUT2D eigenvalue weighted by Gasteiger charge is 2.57. The molecule has 0 spiro atoms. The second kappa shape index (κ2) is 5.71. The molecular weight excluding hydrogens is 250 g/mol. The van der Waals surface area contributed by atoms with Crippen molar-refractivity contribution in [3.63, 3.8) is 0 Å². The molecule has 0 aliphatic carbocycles. The van der Waals surface area contributed by atoms with Crippen LogP contribution in [-0.4, -0.2) is 58.7 Å². The topological polar surface area (TPSA) is 55.4 Å². The van der Waals surface area contributed by atoms with Crippen LogP contribution in [0.25, 0.3) is 0 Å². The molecule has 5 atom stereocenters. The highest BCUT2D eigenvalue weighted by atomic mass is 16.8. The number of hydrogen-bond acceptors (Lipinski definition) is 6. The first-order valence-corrected chi connectivity index (χ1v) is 7.03. The maximum atomic E-state index is 5.90. The van der Waals surface area contributed by atoms with E-state index in [-0.39, 0.29) is 38.7 Å². The molecule has 3 rings (SSSR count). The maximum Gasteiger partial charge on any atom is 0.457 e. The minimum Gasteiger partial charge on any atom is -0.408 e. The third-order valence-corrected chi connectivity index (χ3v) is 3.86. The molecule has 106 valence electrons. The van der Waals surface area contributed by atoms with Gasteiger partial charge in [0.1, 0.15) is 18.3 Å². The summed E-state index contributed by atoms with van der Waals surface area (Å²) in [6, 6.07) is 0. The molecule has 6 nitrogen and oxygen atoms in total. The first kappa shape index (κ1) is 13.9. The van der Waals surface area contributed by atoms with Crippen LogP contribution in [0.2, 0.25) is 12.6 Å². The van der Waals surface area contributed by atoms with E-state index in [4.69, 9.17) is 28.1 Å². The molecule has 3 aliphatic rings. The highest BCUT2D eigenvalue weighted by Crippen LogP contribution is 2.37. The number of fused-ring (bicyclic) bond motifs is 1. The van der Waals surface area contributed by atoms with E-state index in [2.05, 4.69) is 0 Å². The third kappa shape index (κ3) is 2.46. The normalized spacial score (nSPS) is 42.2. The number of hydrogen-bond donors (Lipinski definition) is 0. The Morgan fingerprint density at radius 1 is 1.00 bits per heavy atom. The molecule has 0 radical (unpaired) electrons. The molecular formula is C11H20B2O6. The summed E-state index contributed by atoms with van der Waals surface area (Å²) in [6.45, 7) is 4.60. The SMILES string of the molecule is CCB1OCC(C2OC(OC)C3OB(CC)OC23)O1. The lowest BCUT2D eigenvalue weighted by Crippen LogP contribution is -2.39. The van der Waals surface area contributed by atoms with Crippen molar-refractivity contribution in [3.8, 4) is 0 Å². The summed E-state index contributed by atoms with van der Waals surface area (Å²) >= 11 is 0. The van der Waals surface area contributed by atoms with Crippen LogP contribution in [0.15, 0.2) is 0 Å². The van der Waals surface area contributed by atoms with Crippen LogP contribution in [-0.2, 0) is 28.1 Å². The molecule has 8 heteroatoms. The van der Waals surface area contributed by atoms with Crippen molar-refractivity contribution in [1.82, 2.24) is 0 Å². The fraction of sp³-hybridized carbons (Fsp3) is 1.00. The van der Waals surface area contributed by atoms with E-state index in [1.807, 2.05) is 13.8 Å². The van der Waals surface area contributed by atoms with Gasteiger partial charge in [-0.05, 0) is 12.6 Å². The Balaban J connectivity index is 1.69. The Bertz CT molecular complexity index is 320. The summed E-state index contributed by atoms with van der Waals surface area (Å²) in [4.78, 5) is 0. The molecule has 0 aromatic heterocycles. The molecule has 0 aromatic rings. The van der Waals surface area contributed by atoms with E-state index in [0.717, 1.165) is 12.6 Å². The predicted molar refractivity (Wildman–Crippen MR) is 68.7 cm³/mol. The van der Waals surface area contributed by atoms with Crippen LogP contribution >= 0.6 is 0 Å². The number of ether oxygens (including phenoxy) is 2. The Labute approximate surface area is 114 Å². The molecule has 19 heavy (non-hydrogen) atoms. The van der Waals surface area contributed by atoms with E-state index in [1.165, 1.54) is 0 Å². The monoisotopic (exact) mass is 270 g/mol. The Hall–Kier alpha value is -0.110. The van der Waals surface area contributed by atoms with Crippen molar-refractivity contribution in [3.05, 3.63) is 0 Å². The van der Waals surface area contributed by atoms with Gasteiger partial charge < -0.3 is 28.1 Å². The molecule has 0 saturated carbocycles. The summed E-state index contributed by atoms with van der Waals surface area (Å²) in [5.74, 6) is 0. The smallest absolute Gasteiger partial charge is 0.408 e. The van der Waals surface area contributed by atoms with Gasteiger partial charge in [-0.15, -0.1) is 0 Å². The lowest BCUT2D eigenvalue weighted by atomic mass is 9.86. The average Bonchev–Trinajstić information content (AvgIpc) is 3.12. The van der Waals surface area contributed by atoms with E-state index in [0.29, 0.717) is 6.61 Å². The summed E-state index contributed by atoms with van der Waals surface area (Å²) in [7, 11) is 1.30. The molecule has 5 unspecified atom stereocenters. The van der Waals surface area contributed by atoms with Crippen LogP contribution in [0.5, 0.6) is 0 Å². The second-order valence-corrected chi connectivity index (χ2v) is 5.09. The summed E-state index contributed by atoms with van der Waals surface area (Å²) in [5, 5.41) is 0. The van der Waals surface area contributed by atoms with Crippen molar-refractivity contribution in [1.29, 1.82) is 0 Å². The molecule has 0 amide bonds. The number of methoxy groups -OCH3 is 1. The lowest BCUT2D eigenvalue weighted by molar-refractivity contribution is -0.160. The highest BCUT2D eigenvalue weighted by molar-refractivity contribution is 6.45. The van der Waals surface area contributed by atoms with Gasteiger partial charge in [0.2, 0.25) is 0 Å². The quantitative estimate of drug-likeness (QED) is 0.696. The second-order valence-electron chi connectivity index (χ2n) is 5.09. The molecule has 3 aliphatic heterocycles. The fourth-order valence-electron chi connectivity index (χ4n) is 2.87. The van der Waals surface area contributed by atoms with E-state index < -0.39 is 6.29 Å². The van der Waals surface area contributed by atoms with Gasteiger partial charge in [0, 0.05) is 7.11 Å². The molecule has 3 saturated heterocycles. The zero-order valence-corrected chi connectivity index (χ0v) is 11.6. The van der Waals surface area contributed by atoms with Gasteiger partial charge in [-0.3, -0.25) is 0 Å². The minimum absolute atomic E-state index is 0.114. The van der Waals surface area contributed by atoms with Crippen molar-refractivity contribution in [2.45, 2.75) is 57.2 Å². The molecule has 3 fully saturated rings. The van der Waals surface area contributed by atoms with Gasteiger partial charge in [0.15, 0.2) is 6.29 Å². The standard InChI is InChI=1S/C11H20B2O6/c1-4-12-15-6-7(17-12)8-9-10(11(14-3)16-8)19-13(5-2)18-9/h7-11H,4-6H2,1-3H3. The Morgan fingerprint density at radius 2 is 1.74 bits per heavy atom. The lowest BCUT2D eigenvalue weighted by Gasteiger charge is -2.22. The van der Waals surface area contributed by atoms with Gasteiger partial charge >= 0.3 is 14.2 Å². The van der Waals surface area contributed by atoms with Crippen LogP contribution in [0.4, 0.5) is 0 Å². The zero-order chi connectivity index (χ0) is 13.4. The summed E-state index contributed by atoms with van der Waals surface area (Å²) in [6.07, 6.45) is 0.634. The van der Waals surface area contributed by atoms with Crippen molar-refractivity contribution in [2.75, 3.05) is 13.7 Å². The summed E-state index contributed by atoms with van der Waals surface area (Å²) < 4.78 is 34.3. The van der Waals surface area contributed by atoms with Crippen molar-refractivity contribution < 1.29 is 28.1 Å². The van der Waals surface area contributed by atoms with E-state index in [9.17, 15) is 0 Å². The maximum absolute atomic E-state index is 5.90. The van der Waals surface area contributed by atoms with Gasteiger partial charge in [-0.2, -0.15) is 0 Å². The Kier molecular flexibility index (Phi) is 4.17. The molecule has 3 heterocycles. The zero-order valence-electron chi connectivity index (χ0n) is 11.6. The van der Waals surface area contributed by atoms with Crippen molar-refractivity contribution >= 4 is 14.2 Å². The van der Waals surface area contributed by atoms with Crippen LogP contribution in [0, 0.1) is 0 Å². The first-order chi connectivity index (χ1) is 9.26. The van der Waals surface area contributed by atoms with E-state index in [1.54, 1.807) is 7.11 Å². The summed E-state index contributed by atoms with van der Waals surface area (Å²) in [5.41, 5.74) is 0.